The van der Waals surface area contributed by atoms with Crippen LogP contribution < -0.4 is 0 Å². The summed E-state index contributed by atoms with van der Waals surface area (Å²) in [5.41, 5.74) is 5.26. The van der Waals surface area contributed by atoms with E-state index in [9.17, 15) is 14.7 Å². The molecule has 4 nitrogen and oxygen atoms in total. The Morgan fingerprint density at radius 2 is 1.38 bits per heavy atom. The summed E-state index contributed by atoms with van der Waals surface area (Å²) in [4.78, 5) is 24.7. The lowest BCUT2D eigenvalue weighted by atomic mass is 9.96. The highest BCUT2D eigenvalue weighted by atomic mass is 16.5. The third kappa shape index (κ3) is 3.65. The number of esters is 1. The zero-order valence-electron chi connectivity index (χ0n) is 17.4. The molecule has 0 spiro atoms. The average molecular weight is 422 g/mol. The number of carbonyl (C=O) groups is 2. The maximum absolute atomic E-state index is 12.8. The molecule has 1 N–H and O–H groups in total. The van der Waals surface area contributed by atoms with E-state index in [1.165, 1.54) is 0 Å². The van der Waals surface area contributed by atoms with Crippen LogP contribution in [-0.2, 0) is 20.7 Å². The van der Waals surface area contributed by atoms with Gasteiger partial charge < -0.3 is 9.84 Å². The summed E-state index contributed by atoms with van der Waals surface area (Å²) in [6.07, 6.45) is 0.0941. The van der Waals surface area contributed by atoms with E-state index in [1.807, 2.05) is 78.9 Å². The van der Waals surface area contributed by atoms with Gasteiger partial charge in [0.15, 0.2) is 5.92 Å². The third-order valence-corrected chi connectivity index (χ3v) is 6.19. The Morgan fingerprint density at radius 1 is 0.781 bits per heavy atom. The molecule has 1 aliphatic rings. The summed E-state index contributed by atoms with van der Waals surface area (Å²) >= 11 is 0. The molecule has 0 aromatic heterocycles. The predicted molar refractivity (Wildman–Crippen MR) is 123 cm³/mol. The number of benzene rings is 4. The normalized spacial score (nSPS) is 13.4. The highest BCUT2D eigenvalue weighted by Crippen LogP contribution is 2.44. The molecule has 1 aliphatic carbocycles. The van der Waals surface area contributed by atoms with Crippen LogP contribution >= 0.6 is 0 Å². The molecule has 0 unspecified atom stereocenters. The van der Waals surface area contributed by atoms with Crippen molar-refractivity contribution >= 4 is 22.7 Å². The number of carboxylic acids is 1. The monoisotopic (exact) mass is 422 g/mol. The maximum Gasteiger partial charge on any atom is 0.320 e. The van der Waals surface area contributed by atoms with Gasteiger partial charge in [-0.25, -0.2) is 0 Å². The van der Waals surface area contributed by atoms with Crippen LogP contribution in [0.3, 0.4) is 0 Å². The fourth-order valence-corrected chi connectivity index (χ4v) is 4.58. The quantitative estimate of drug-likeness (QED) is 0.332. The van der Waals surface area contributed by atoms with Crippen LogP contribution in [0.5, 0.6) is 0 Å². The first kappa shape index (κ1) is 20.0. The lowest BCUT2D eigenvalue weighted by Gasteiger charge is -2.17. The van der Waals surface area contributed by atoms with Crippen LogP contribution in [0.15, 0.2) is 91.0 Å². The summed E-state index contributed by atoms with van der Waals surface area (Å²) in [5.74, 6) is -3.22. The molecule has 1 atom stereocenters. The number of hydrogen-bond acceptors (Lipinski definition) is 3. The second-order valence-corrected chi connectivity index (χ2v) is 8.13. The lowest BCUT2D eigenvalue weighted by molar-refractivity contribution is -0.158. The molecule has 0 fully saturated rings. The standard InChI is InChI=1S/C28H22O4/c29-27(30)25(16-18-13-14-19-7-1-2-8-20(19)15-18)28(31)32-17-26-23-11-5-3-9-21(23)22-10-4-6-12-24(22)26/h1-15,25-26H,16-17H2,(H,29,30)/t25-/m1/s1. The molecule has 4 aromatic rings. The molecule has 32 heavy (non-hydrogen) atoms. The van der Waals surface area contributed by atoms with Crippen LogP contribution in [0.25, 0.3) is 21.9 Å². The predicted octanol–water partition coefficient (Wildman–Crippen LogP) is 5.44. The number of ether oxygens (including phenoxy) is 1. The summed E-state index contributed by atoms with van der Waals surface area (Å²) < 4.78 is 5.60. The first-order valence-electron chi connectivity index (χ1n) is 10.7. The first-order chi connectivity index (χ1) is 15.6. The number of carbonyl (C=O) groups excluding carboxylic acids is 1. The molecule has 4 aromatic carbocycles. The van der Waals surface area contributed by atoms with Gasteiger partial charge in [0.05, 0.1) is 0 Å². The highest BCUT2D eigenvalue weighted by molar-refractivity contribution is 5.94. The Hall–Kier alpha value is -3.92. The smallest absolute Gasteiger partial charge is 0.320 e. The average Bonchev–Trinajstić information content (AvgIpc) is 3.14. The van der Waals surface area contributed by atoms with E-state index in [0.717, 1.165) is 38.6 Å². The van der Waals surface area contributed by atoms with E-state index in [4.69, 9.17) is 4.74 Å². The van der Waals surface area contributed by atoms with Crippen LogP contribution in [0.2, 0.25) is 0 Å². The van der Waals surface area contributed by atoms with Gasteiger partial charge in [-0.3, -0.25) is 9.59 Å². The molecule has 0 radical (unpaired) electrons. The van der Waals surface area contributed by atoms with Crippen molar-refractivity contribution in [1.29, 1.82) is 0 Å². The number of hydrogen-bond donors (Lipinski definition) is 1. The fraction of sp³-hybridized carbons (Fsp3) is 0.143. The van der Waals surface area contributed by atoms with E-state index in [2.05, 4.69) is 12.1 Å². The van der Waals surface area contributed by atoms with Gasteiger partial charge in [0, 0.05) is 5.92 Å². The molecule has 0 amide bonds. The number of fused-ring (bicyclic) bond motifs is 4. The van der Waals surface area contributed by atoms with Crippen molar-refractivity contribution in [3.05, 3.63) is 108 Å². The van der Waals surface area contributed by atoms with Crippen molar-refractivity contribution in [2.75, 3.05) is 6.61 Å². The minimum Gasteiger partial charge on any atom is -0.481 e. The zero-order valence-corrected chi connectivity index (χ0v) is 17.4. The Bertz CT molecular complexity index is 1280. The number of carboxylic acid groups (broad SMARTS) is 1. The number of aliphatic carboxylic acids is 1. The van der Waals surface area contributed by atoms with E-state index in [1.54, 1.807) is 0 Å². The molecule has 0 heterocycles. The van der Waals surface area contributed by atoms with Crippen LogP contribution in [0, 0.1) is 5.92 Å². The number of rotatable bonds is 6. The Labute approximate surface area is 186 Å². The molecule has 158 valence electrons. The SMILES string of the molecule is O=C(O)[C@@H](Cc1ccc2ccccc2c1)C(=O)OCC1c2ccccc2-c2ccccc21. The minimum absolute atomic E-state index is 0.0941. The van der Waals surface area contributed by atoms with Crippen molar-refractivity contribution in [3.8, 4) is 11.1 Å². The molecule has 0 bridgehead atoms. The van der Waals surface area contributed by atoms with Crippen LogP contribution in [0.4, 0.5) is 0 Å². The van der Waals surface area contributed by atoms with E-state index in [-0.39, 0.29) is 18.9 Å². The van der Waals surface area contributed by atoms with E-state index in [0.29, 0.717) is 0 Å². The van der Waals surface area contributed by atoms with Gasteiger partial charge in [-0.2, -0.15) is 0 Å². The van der Waals surface area contributed by atoms with Gasteiger partial charge in [0.25, 0.3) is 0 Å². The molecular formula is C28H22O4. The van der Waals surface area contributed by atoms with Crippen LogP contribution in [-0.4, -0.2) is 23.7 Å². The summed E-state index contributed by atoms with van der Waals surface area (Å²) in [5, 5.41) is 11.8. The molecular weight excluding hydrogens is 400 g/mol. The van der Waals surface area contributed by atoms with Gasteiger partial charge in [-0.05, 0) is 45.0 Å². The lowest BCUT2D eigenvalue weighted by Crippen LogP contribution is -2.29. The van der Waals surface area contributed by atoms with Crippen LogP contribution in [0.1, 0.15) is 22.6 Å². The molecule has 4 heteroatoms. The largest absolute Gasteiger partial charge is 0.481 e. The Morgan fingerprint density at radius 3 is 2.03 bits per heavy atom. The maximum atomic E-state index is 12.8. The molecule has 0 aliphatic heterocycles. The summed E-state index contributed by atoms with van der Waals surface area (Å²) in [6, 6.07) is 29.8. The van der Waals surface area contributed by atoms with E-state index < -0.39 is 17.9 Å². The van der Waals surface area contributed by atoms with Crippen molar-refractivity contribution in [1.82, 2.24) is 0 Å². The minimum atomic E-state index is -1.25. The molecule has 0 saturated carbocycles. The van der Waals surface area contributed by atoms with Gasteiger partial charge in [0.1, 0.15) is 6.61 Å². The van der Waals surface area contributed by atoms with Crippen molar-refractivity contribution in [2.24, 2.45) is 5.92 Å². The molecule has 0 saturated heterocycles. The Balaban J connectivity index is 1.34. The van der Waals surface area contributed by atoms with Crippen molar-refractivity contribution < 1.29 is 19.4 Å². The molecule has 5 rings (SSSR count). The third-order valence-electron chi connectivity index (χ3n) is 6.19. The van der Waals surface area contributed by atoms with Gasteiger partial charge in [-0.1, -0.05) is 91.0 Å². The summed E-state index contributed by atoms with van der Waals surface area (Å²) in [7, 11) is 0. The van der Waals surface area contributed by atoms with Crippen molar-refractivity contribution in [2.45, 2.75) is 12.3 Å². The topological polar surface area (TPSA) is 63.6 Å². The van der Waals surface area contributed by atoms with E-state index >= 15 is 0 Å². The van der Waals surface area contributed by atoms with Gasteiger partial charge in [-0.15, -0.1) is 0 Å². The summed E-state index contributed by atoms with van der Waals surface area (Å²) in [6.45, 7) is 0.119. The van der Waals surface area contributed by atoms with Crippen molar-refractivity contribution in [3.63, 3.8) is 0 Å². The first-order valence-corrected chi connectivity index (χ1v) is 10.7. The second kappa shape index (κ2) is 8.31. The second-order valence-electron chi connectivity index (χ2n) is 8.13. The zero-order chi connectivity index (χ0) is 22.1. The van der Waals surface area contributed by atoms with Gasteiger partial charge in [0.2, 0.25) is 0 Å². The van der Waals surface area contributed by atoms with Gasteiger partial charge >= 0.3 is 11.9 Å². The highest BCUT2D eigenvalue weighted by Gasteiger charge is 2.32. The fourth-order valence-electron chi connectivity index (χ4n) is 4.58. The Kier molecular flexibility index (Phi) is 5.20.